The molecule has 30 heavy (non-hydrogen) atoms. The van der Waals surface area contributed by atoms with Crippen molar-refractivity contribution in [3.8, 4) is 17.1 Å². The van der Waals surface area contributed by atoms with Crippen molar-refractivity contribution in [2.45, 2.75) is 32.6 Å². The fourth-order valence-corrected chi connectivity index (χ4v) is 3.68. The quantitative estimate of drug-likeness (QED) is 0.423. The first-order valence-electron chi connectivity index (χ1n) is 10.5. The van der Waals surface area contributed by atoms with Crippen LogP contribution in [0.4, 0.5) is 0 Å². The fraction of sp³-hybridized carbons (Fsp3) is 0.231. The van der Waals surface area contributed by atoms with Gasteiger partial charge in [-0.1, -0.05) is 61.5 Å². The van der Waals surface area contributed by atoms with Gasteiger partial charge in [-0.15, -0.1) is 0 Å². The van der Waals surface area contributed by atoms with E-state index in [9.17, 15) is 4.79 Å². The Morgan fingerprint density at radius 2 is 1.70 bits per heavy atom. The molecule has 0 saturated carbocycles. The Bertz CT molecular complexity index is 1180. The molecule has 1 N–H and O–H groups in total. The van der Waals surface area contributed by atoms with Gasteiger partial charge in [0.2, 0.25) is 0 Å². The van der Waals surface area contributed by atoms with E-state index in [4.69, 9.17) is 9.72 Å². The normalized spacial score (nSPS) is 11.0. The van der Waals surface area contributed by atoms with Crippen molar-refractivity contribution in [3.63, 3.8) is 0 Å². The predicted octanol–water partition coefficient (Wildman–Crippen LogP) is 5.55. The summed E-state index contributed by atoms with van der Waals surface area (Å²) in [5.41, 5.74) is 3.89. The number of H-pyrrole nitrogens is 1. The molecule has 0 aliphatic heterocycles. The highest BCUT2D eigenvalue weighted by Gasteiger charge is 2.13. The van der Waals surface area contributed by atoms with Gasteiger partial charge in [0.05, 0.1) is 23.1 Å². The molecule has 1 heterocycles. The van der Waals surface area contributed by atoms with Gasteiger partial charge in [0, 0.05) is 0 Å². The summed E-state index contributed by atoms with van der Waals surface area (Å²) in [6, 6.07) is 24.0. The molecule has 0 saturated heterocycles. The van der Waals surface area contributed by atoms with Crippen LogP contribution in [0.5, 0.6) is 5.75 Å². The largest absolute Gasteiger partial charge is 0.493 e. The number of nitrogens with zero attached hydrogens (tertiary/aromatic N) is 1. The van der Waals surface area contributed by atoms with Crippen LogP contribution in [0.3, 0.4) is 0 Å². The van der Waals surface area contributed by atoms with E-state index in [1.54, 1.807) is 0 Å². The monoisotopic (exact) mass is 398 g/mol. The number of aromatic nitrogens is 2. The first kappa shape index (κ1) is 19.9. The van der Waals surface area contributed by atoms with Crippen LogP contribution in [0.1, 0.15) is 30.9 Å². The zero-order valence-corrected chi connectivity index (χ0v) is 17.2. The van der Waals surface area contributed by atoms with Crippen LogP contribution < -0.4 is 10.3 Å². The van der Waals surface area contributed by atoms with Gasteiger partial charge in [-0.3, -0.25) is 4.79 Å². The molecule has 0 atom stereocenters. The second kappa shape index (κ2) is 9.40. The minimum atomic E-state index is -0.120. The summed E-state index contributed by atoms with van der Waals surface area (Å²) in [5, 5.41) is 0.628. The number of rotatable bonds is 8. The highest BCUT2D eigenvalue weighted by atomic mass is 16.5. The lowest BCUT2D eigenvalue weighted by atomic mass is 10.0. The third-order valence-corrected chi connectivity index (χ3v) is 5.18. The molecule has 0 aliphatic carbocycles. The zero-order valence-electron chi connectivity index (χ0n) is 17.2. The number of benzene rings is 3. The molecule has 0 bridgehead atoms. The molecule has 1 aromatic heterocycles. The van der Waals surface area contributed by atoms with Crippen LogP contribution >= 0.6 is 0 Å². The number of aromatic amines is 1. The van der Waals surface area contributed by atoms with Gasteiger partial charge in [-0.2, -0.15) is 0 Å². The summed E-state index contributed by atoms with van der Waals surface area (Å²) < 4.78 is 5.87. The Morgan fingerprint density at radius 1 is 0.900 bits per heavy atom. The van der Waals surface area contributed by atoms with Crippen LogP contribution in [-0.2, 0) is 12.8 Å². The van der Waals surface area contributed by atoms with Gasteiger partial charge in [0.1, 0.15) is 11.6 Å². The number of nitrogens with one attached hydrogen (secondary N) is 1. The van der Waals surface area contributed by atoms with Gasteiger partial charge >= 0.3 is 0 Å². The summed E-state index contributed by atoms with van der Waals surface area (Å²) in [5.74, 6) is 1.29. The number of ether oxygens (including phenoxy) is 1. The maximum Gasteiger partial charge on any atom is 0.259 e. The number of hydrogen-bond acceptors (Lipinski definition) is 3. The van der Waals surface area contributed by atoms with E-state index >= 15 is 0 Å². The number of para-hydroxylation sites is 2. The fourth-order valence-electron chi connectivity index (χ4n) is 3.68. The Labute approximate surface area is 176 Å². The summed E-state index contributed by atoms with van der Waals surface area (Å²) in [6.45, 7) is 2.69. The van der Waals surface area contributed by atoms with E-state index in [2.05, 4.69) is 42.2 Å². The van der Waals surface area contributed by atoms with Gasteiger partial charge in [0.25, 0.3) is 5.56 Å². The van der Waals surface area contributed by atoms with Crippen molar-refractivity contribution in [3.05, 3.63) is 94.3 Å². The van der Waals surface area contributed by atoms with Crippen molar-refractivity contribution in [2.75, 3.05) is 6.61 Å². The second-order valence-corrected chi connectivity index (χ2v) is 7.41. The molecule has 152 valence electrons. The topological polar surface area (TPSA) is 55.0 Å². The van der Waals surface area contributed by atoms with E-state index < -0.39 is 0 Å². The molecule has 0 amide bonds. The molecule has 0 spiro atoms. The molecule has 3 aromatic carbocycles. The van der Waals surface area contributed by atoms with E-state index in [0.29, 0.717) is 17.8 Å². The number of aryl methyl sites for hydroxylation is 2. The molecule has 0 fully saturated rings. The van der Waals surface area contributed by atoms with Crippen LogP contribution in [0, 0.1) is 0 Å². The van der Waals surface area contributed by atoms with Crippen molar-refractivity contribution in [2.24, 2.45) is 0 Å². The Hall–Kier alpha value is -3.40. The first-order valence-corrected chi connectivity index (χ1v) is 10.5. The van der Waals surface area contributed by atoms with Crippen molar-refractivity contribution in [1.82, 2.24) is 9.97 Å². The molecule has 0 radical (unpaired) electrons. The van der Waals surface area contributed by atoms with Crippen LogP contribution in [-0.4, -0.2) is 16.6 Å². The summed E-state index contributed by atoms with van der Waals surface area (Å²) in [4.78, 5) is 20.6. The van der Waals surface area contributed by atoms with Crippen molar-refractivity contribution >= 4 is 10.9 Å². The first-order chi connectivity index (χ1) is 14.8. The lowest BCUT2D eigenvalue weighted by molar-refractivity contribution is 0.318. The van der Waals surface area contributed by atoms with E-state index in [1.807, 2.05) is 42.5 Å². The smallest absolute Gasteiger partial charge is 0.259 e. The van der Waals surface area contributed by atoms with E-state index in [0.717, 1.165) is 48.1 Å². The van der Waals surface area contributed by atoms with Crippen molar-refractivity contribution in [1.29, 1.82) is 0 Å². The van der Waals surface area contributed by atoms with E-state index in [1.165, 1.54) is 5.56 Å². The molecule has 4 aromatic rings. The molecule has 0 aliphatic rings. The van der Waals surface area contributed by atoms with E-state index in [-0.39, 0.29) is 5.56 Å². The number of hydrogen-bond donors (Lipinski definition) is 1. The molecular weight excluding hydrogens is 372 g/mol. The SMILES string of the molecule is CCCOc1ccccc1-c1nc2c(CCCc3ccccc3)cccc2c(=O)[nH]1. The highest BCUT2D eigenvalue weighted by molar-refractivity contribution is 5.83. The third-order valence-electron chi connectivity index (χ3n) is 5.18. The molecule has 4 nitrogen and oxygen atoms in total. The minimum Gasteiger partial charge on any atom is -0.493 e. The van der Waals surface area contributed by atoms with Gasteiger partial charge in [-0.05, 0) is 55.0 Å². The maximum atomic E-state index is 12.8. The third kappa shape index (κ3) is 4.43. The molecular formula is C26H26N2O2. The molecule has 4 heteroatoms. The minimum absolute atomic E-state index is 0.120. The molecule has 0 unspecified atom stereocenters. The Morgan fingerprint density at radius 3 is 2.53 bits per heavy atom. The number of fused-ring (bicyclic) bond motifs is 1. The second-order valence-electron chi connectivity index (χ2n) is 7.41. The predicted molar refractivity (Wildman–Crippen MR) is 122 cm³/mol. The summed E-state index contributed by atoms with van der Waals surface area (Å²) in [7, 11) is 0. The lowest BCUT2D eigenvalue weighted by Gasteiger charge is -2.12. The lowest BCUT2D eigenvalue weighted by Crippen LogP contribution is -2.11. The van der Waals surface area contributed by atoms with Gasteiger partial charge in [0.15, 0.2) is 0 Å². The van der Waals surface area contributed by atoms with Gasteiger partial charge < -0.3 is 9.72 Å². The van der Waals surface area contributed by atoms with Crippen LogP contribution in [0.15, 0.2) is 77.6 Å². The summed E-state index contributed by atoms with van der Waals surface area (Å²) >= 11 is 0. The Balaban J connectivity index is 1.67. The van der Waals surface area contributed by atoms with Crippen molar-refractivity contribution < 1.29 is 4.74 Å². The van der Waals surface area contributed by atoms with Crippen LogP contribution in [0.2, 0.25) is 0 Å². The standard InChI is InChI=1S/C26H26N2O2/c1-2-18-30-23-17-7-6-15-21(23)25-27-24-20(14-9-16-22(24)26(29)28-25)13-8-12-19-10-4-3-5-11-19/h3-7,9-11,14-17H,2,8,12-13,18H2,1H3,(H,27,28,29). The zero-order chi connectivity index (χ0) is 20.8. The average molecular weight is 399 g/mol. The average Bonchev–Trinajstić information content (AvgIpc) is 2.79. The van der Waals surface area contributed by atoms with Crippen LogP contribution in [0.25, 0.3) is 22.3 Å². The molecule has 4 rings (SSSR count). The Kier molecular flexibility index (Phi) is 6.23. The van der Waals surface area contributed by atoms with Gasteiger partial charge in [-0.25, -0.2) is 4.98 Å². The summed E-state index contributed by atoms with van der Waals surface area (Å²) in [6.07, 6.45) is 3.79. The maximum absolute atomic E-state index is 12.8. The highest BCUT2D eigenvalue weighted by Crippen LogP contribution is 2.28.